The number of aromatic nitrogens is 1. The topological polar surface area (TPSA) is 52.6 Å². The molecule has 2 N–H and O–H groups in total. The molecule has 1 heterocycles. The third-order valence-electron chi connectivity index (χ3n) is 4.24. The first kappa shape index (κ1) is 24.1. The third kappa shape index (κ3) is 9.99. The van der Waals surface area contributed by atoms with E-state index < -0.39 is 0 Å². The molecule has 0 saturated heterocycles. The summed E-state index contributed by atoms with van der Waals surface area (Å²) >= 11 is 0. The van der Waals surface area contributed by atoms with Crippen LogP contribution in [0.25, 0.3) is 0 Å². The second kappa shape index (κ2) is 14.3. The van der Waals surface area contributed by atoms with Gasteiger partial charge in [-0.2, -0.15) is 0 Å². The van der Waals surface area contributed by atoms with Gasteiger partial charge in [0, 0.05) is 18.8 Å². The lowest BCUT2D eigenvalue weighted by Crippen LogP contribution is -2.42. The first-order valence-corrected chi connectivity index (χ1v) is 9.28. The van der Waals surface area contributed by atoms with Crippen LogP contribution in [-0.2, 0) is 6.54 Å². The van der Waals surface area contributed by atoms with Crippen molar-refractivity contribution < 1.29 is 0 Å². The molecule has 5 nitrogen and oxygen atoms in total. The Balaban J connectivity index is 0.00000576. The number of nitrogens with zero attached hydrogens (tertiary/aromatic N) is 3. The van der Waals surface area contributed by atoms with Gasteiger partial charge < -0.3 is 15.5 Å². The van der Waals surface area contributed by atoms with E-state index in [2.05, 4.69) is 66.2 Å². The highest BCUT2D eigenvalue weighted by molar-refractivity contribution is 14.0. The number of aryl methyl sites for hydroxylation is 1. The van der Waals surface area contributed by atoms with Crippen LogP contribution in [0.5, 0.6) is 0 Å². The minimum atomic E-state index is 0. The highest BCUT2D eigenvalue weighted by atomic mass is 127. The van der Waals surface area contributed by atoms with E-state index in [4.69, 9.17) is 0 Å². The summed E-state index contributed by atoms with van der Waals surface area (Å²) in [6.07, 6.45) is 4.17. The average Bonchev–Trinajstić information content (AvgIpc) is 2.58. The van der Waals surface area contributed by atoms with Crippen molar-refractivity contribution in [3.8, 4) is 0 Å². The lowest BCUT2D eigenvalue weighted by atomic mass is 10.2. The van der Waals surface area contributed by atoms with Gasteiger partial charge in [0.15, 0.2) is 5.96 Å². The van der Waals surface area contributed by atoms with Gasteiger partial charge in [0.1, 0.15) is 0 Å². The number of pyridine rings is 1. The summed E-state index contributed by atoms with van der Waals surface area (Å²) < 4.78 is 0. The molecule has 1 aromatic heterocycles. The first-order chi connectivity index (χ1) is 11.6. The molecule has 0 aliphatic rings. The number of halogens is 1. The van der Waals surface area contributed by atoms with E-state index in [0.717, 1.165) is 37.7 Å². The Labute approximate surface area is 171 Å². The summed E-state index contributed by atoms with van der Waals surface area (Å²) in [5.41, 5.74) is 2.22. The Morgan fingerprint density at radius 1 is 1.28 bits per heavy atom. The van der Waals surface area contributed by atoms with E-state index >= 15 is 0 Å². The Bertz CT molecular complexity index is 488. The summed E-state index contributed by atoms with van der Waals surface area (Å²) in [5.74, 6) is 0.873. The van der Waals surface area contributed by atoms with Crippen LogP contribution in [0.15, 0.2) is 23.3 Å². The molecule has 0 aliphatic heterocycles. The van der Waals surface area contributed by atoms with Gasteiger partial charge in [-0.15, -0.1) is 24.0 Å². The van der Waals surface area contributed by atoms with Gasteiger partial charge in [0.2, 0.25) is 0 Å². The normalized spacial score (nSPS) is 12.6. The molecular formula is C19H36IN5. The lowest BCUT2D eigenvalue weighted by Gasteiger charge is -2.21. The lowest BCUT2D eigenvalue weighted by molar-refractivity contribution is 0.292. The summed E-state index contributed by atoms with van der Waals surface area (Å²) in [4.78, 5) is 11.6. The van der Waals surface area contributed by atoms with Gasteiger partial charge in [0.05, 0.1) is 12.2 Å². The molecule has 0 aromatic carbocycles. The van der Waals surface area contributed by atoms with Crippen LogP contribution in [0, 0.1) is 6.92 Å². The molecule has 1 atom stereocenters. The van der Waals surface area contributed by atoms with Gasteiger partial charge in [-0.25, -0.2) is 4.99 Å². The van der Waals surface area contributed by atoms with Crippen molar-refractivity contribution in [1.82, 2.24) is 20.5 Å². The van der Waals surface area contributed by atoms with E-state index in [1.165, 1.54) is 18.5 Å². The minimum Gasteiger partial charge on any atom is -0.357 e. The van der Waals surface area contributed by atoms with E-state index in [0.29, 0.717) is 12.6 Å². The molecule has 1 aromatic rings. The molecule has 0 aliphatic carbocycles. The van der Waals surface area contributed by atoms with Crippen LogP contribution >= 0.6 is 24.0 Å². The number of hydrogen-bond acceptors (Lipinski definition) is 3. The fraction of sp³-hybridized carbons (Fsp3) is 0.684. The Kier molecular flexibility index (Phi) is 13.8. The Hall–Kier alpha value is -0.890. The highest BCUT2D eigenvalue weighted by Crippen LogP contribution is 2.05. The predicted molar refractivity (Wildman–Crippen MR) is 119 cm³/mol. The standard InChI is InChI=1S/C19H35N5.HI/c1-6-20-19(22-15-18-16(4)11-9-13-21-18)23-17(5)12-10-14-24(7-2)8-3;/h9,11,13,17H,6-8,10,12,14-15H2,1-5H3,(H2,20,22,23);1H. The SMILES string of the molecule is CCNC(=NCc1ncccc1C)NC(C)CCCN(CC)CC.I. The molecular weight excluding hydrogens is 425 g/mol. The Morgan fingerprint density at radius 3 is 2.60 bits per heavy atom. The van der Waals surface area contributed by atoms with Gasteiger partial charge in [-0.05, 0) is 64.9 Å². The minimum absolute atomic E-state index is 0. The van der Waals surface area contributed by atoms with Crippen LogP contribution < -0.4 is 10.6 Å². The maximum absolute atomic E-state index is 4.68. The highest BCUT2D eigenvalue weighted by Gasteiger charge is 2.07. The van der Waals surface area contributed by atoms with Crippen molar-refractivity contribution in [2.45, 2.75) is 60.0 Å². The molecule has 6 heteroatoms. The van der Waals surface area contributed by atoms with E-state index in [-0.39, 0.29) is 24.0 Å². The molecule has 25 heavy (non-hydrogen) atoms. The maximum Gasteiger partial charge on any atom is 0.191 e. The van der Waals surface area contributed by atoms with Crippen molar-refractivity contribution >= 4 is 29.9 Å². The van der Waals surface area contributed by atoms with Gasteiger partial charge in [-0.3, -0.25) is 4.98 Å². The largest absolute Gasteiger partial charge is 0.357 e. The van der Waals surface area contributed by atoms with Crippen molar-refractivity contribution in [3.63, 3.8) is 0 Å². The smallest absolute Gasteiger partial charge is 0.191 e. The molecule has 1 rings (SSSR count). The number of guanidine groups is 1. The summed E-state index contributed by atoms with van der Waals surface area (Å²) in [6.45, 7) is 15.7. The fourth-order valence-electron chi connectivity index (χ4n) is 2.62. The summed E-state index contributed by atoms with van der Waals surface area (Å²) in [5, 5.41) is 6.84. The molecule has 0 radical (unpaired) electrons. The van der Waals surface area contributed by atoms with Crippen molar-refractivity contribution in [2.75, 3.05) is 26.2 Å². The van der Waals surface area contributed by atoms with E-state index in [1.807, 2.05) is 12.3 Å². The van der Waals surface area contributed by atoms with Crippen LogP contribution in [0.2, 0.25) is 0 Å². The monoisotopic (exact) mass is 461 g/mol. The molecule has 0 amide bonds. The first-order valence-electron chi connectivity index (χ1n) is 9.28. The number of aliphatic imine (C=N–C) groups is 1. The zero-order valence-corrected chi connectivity index (χ0v) is 18.8. The maximum atomic E-state index is 4.68. The zero-order valence-electron chi connectivity index (χ0n) is 16.5. The van der Waals surface area contributed by atoms with Crippen molar-refractivity contribution in [1.29, 1.82) is 0 Å². The molecule has 0 fully saturated rings. The Morgan fingerprint density at radius 2 is 2.00 bits per heavy atom. The number of nitrogens with one attached hydrogen (secondary N) is 2. The van der Waals surface area contributed by atoms with E-state index in [9.17, 15) is 0 Å². The van der Waals surface area contributed by atoms with Crippen LogP contribution in [0.1, 0.15) is 51.8 Å². The molecule has 1 unspecified atom stereocenters. The molecule has 0 bridgehead atoms. The van der Waals surface area contributed by atoms with Crippen LogP contribution in [0.3, 0.4) is 0 Å². The van der Waals surface area contributed by atoms with Crippen LogP contribution in [0.4, 0.5) is 0 Å². The quantitative estimate of drug-likeness (QED) is 0.318. The van der Waals surface area contributed by atoms with Gasteiger partial charge in [0.25, 0.3) is 0 Å². The van der Waals surface area contributed by atoms with Gasteiger partial charge in [-0.1, -0.05) is 19.9 Å². The summed E-state index contributed by atoms with van der Waals surface area (Å²) in [7, 11) is 0. The fourth-order valence-corrected chi connectivity index (χ4v) is 2.62. The van der Waals surface area contributed by atoms with E-state index in [1.54, 1.807) is 0 Å². The molecule has 0 spiro atoms. The number of rotatable bonds is 10. The molecule has 0 saturated carbocycles. The second-order valence-corrected chi connectivity index (χ2v) is 6.18. The van der Waals surface area contributed by atoms with Gasteiger partial charge >= 0.3 is 0 Å². The van der Waals surface area contributed by atoms with Crippen molar-refractivity contribution in [2.24, 2.45) is 4.99 Å². The average molecular weight is 461 g/mol. The van der Waals surface area contributed by atoms with Crippen molar-refractivity contribution in [3.05, 3.63) is 29.6 Å². The third-order valence-corrected chi connectivity index (χ3v) is 4.24. The second-order valence-electron chi connectivity index (χ2n) is 6.18. The number of hydrogen-bond donors (Lipinski definition) is 2. The van der Waals surface area contributed by atoms with Crippen LogP contribution in [-0.4, -0.2) is 48.1 Å². The summed E-state index contributed by atoms with van der Waals surface area (Å²) in [6, 6.07) is 4.45. The predicted octanol–water partition coefficient (Wildman–Crippen LogP) is 3.57. The molecule has 144 valence electrons. The zero-order chi connectivity index (χ0) is 17.8.